The number of benzene rings is 1. The second kappa shape index (κ2) is 11.7. The van der Waals surface area contributed by atoms with Crippen molar-refractivity contribution in [1.29, 1.82) is 0 Å². The first-order chi connectivity index (χ1) is 16.5. The molecule has 2 aromatic rings. The van der Waals surface area contributed by atoms with Crippen LogP contribution < -0.4 is 10.6 Å². The third-order valence-corrected chi connectivity index (χ3v) is 7.75. The Hall–Kier alpha value is -2.58. The molecule has 2 N–H and O–H groups in total. The molecule has 1 aromatic carbocycles. The average Bonchev–Trinajstić information content (AvgIpc) is 3.54. The Balaban J connectivity index is 1.39. The van der Waals surface area contributed by atoms with Crippen LogP contribution in [-0.4, -0.2) is 48.8 Å². The first-order valence-corrected chi connectivity index (χ1v) is 13.0. The maximum absolute atomic E-state index is 13.3. The number of amidine groups is 1. The molecule has 2 amide bonds. The van der Waals surface area contributed by atoms with Gasteiger partial charge in [0.2, 0.25) is 5.91 Å². The quantitative estimate of drug-likeness (QED) is 0.329. The Morgan fingerprint density at radius 3 is 2.41 bits per heavy atom. The van der Waals surface area contributed by atoms with E-state index in [9.17, 15) is 9.59 Å². The van der Waals surface area contributed by atoms with E-state index in [1.165, 1.54) is 24.2 Å². The summed E-state index contributed by atoms with van der Waals surface area (Å²) in [5, 5.41) is 10.4. The molecule has 182 valence electrons. The normalized spacial score (nSPS) is 21.7. The molecule has 9 heteroatoms. The minimum Gasteiger partial charge on any atom is -0.398 e. The highest BCUT2D eigenvalue weighted by Crippen LogP contribution is 2.29. The van der Waals surface area contributed by atoms with E-state index in [0.29, 0.717) is 15.1 Å². The molecule has 2 heterocycles. The molecule has 7 nitrogen and oxygen atoms in total. The SMILES string of the molecule is CON=C(C1CCC(NC(=O)C(NC(=O)c2ccc(Cl)s2)c2ccccc2)CC1)N1CCCC1. The number of carbonyl (C=O) groups is 2. The number of halogens is 1. The van der Waals surface area contributed by atoms with Gasteiger partial charge in [0, 0.05) is 25.0 Å². The van der Waals surface area contributed by atoms with Gasteiger partial charge in [-0.3, -0.25) is 9.59 Å². The van der Waals surface area contributed by atoms with Crippen molar-refractivity contribution in [2.75, 3.05) is 20.2 Å². The summed E-state index contributed by atoms with van der Waals surface area (Å²) < 4.78 is 0.535. The summed E-state index contributed by atoms with van der Waals surface area (Å²) in [5.41, 5.74) is 0.744. The van der Waals surface area contributed by atoms with Crippen LogP contribution in [0, 0.1) is 5.92 Å². The monoisotopic (exact) mass is 502 g/mol. The number of likely N-dealkylation sites (tertiary alicyclic amines) is 1. The summed E-state index contributed by atoms with van der Waals surface area (Å²) in [6.45, 7) is 2.07. The molecule has 1 aromatic heterocycles. The molecule has 0 bridgehead atoms. The van der Waals surface area contributed by atoms with Crippen molar-refractivity contribution in [3.63, 3.8) is 0 Å². The van der Waals surface area contributed by atoms with Crippen molar-refractivity contribution < 1.29 is 14.4 Å². The fourth-order valence-electron chi connectivity index (χ4n) is 4.79. The molecule has 2 aliphatic rings. The maximum atomic E-state index is 13.3. The summed E-state index contributed by atoms with van der Waals surface area (Å²) in [7, 11) is 1.60. The second-order valence-corrected chi connectivity index (χ2v) is 10.5. The molecule has 1 saturated heterocycles. The van der Waals surface area contributed by atoms with Gasteiger partial charge < -0.3 is 20.4 Å². The van der Waals surface area contributed by atoms with E-state index >= 15 is 0 Å². The number of thiophene rings is 1. The van der Waals surface area contributed by atoms with Crippen molar-refractivity contribution >= 4 is 40.6 Å². The molecule has 1 saturated carbocycles. The Labute approximate surface area is 209 Å². The summed E-state index contributed by atoms with van der Waals surface area (Å²) in [6, 6.07) is 12.0. The van der Waals surface area contributed by atoms with Crippen LogP contribution in [-0.2, 0) is 9.63 Å². The third kappa shape index (κ3) is 6.10. The van der Waals surface area contributed by atoms with Crippen LogP contribution in [0.25, 0.3) is 0 Å². The molecule has 1 aliphatic heterocycles. The van der Waals surface area contributed by atoms with Gasteiger partial charge in [-0.1, -0.05) is 47.1 Å². The van der Waals surface area contributed by atoms with Gasteiger partial charge in [0.05, 0.1) is 9.21 Å². The Bertz CT molecular complexity index is 999. The maximum Gasteiger partial charge on any atom is 0.262 e. The predicted octanol–water partition coefficient (Wildman–Crippen LogP) is 4.60. The van der Waals surface area contributed by atoms with Crippen molar-refractivity contribution in [2.45, 2.75) is 50.6 Å². The molecule has 2 fully saturated rings. The minimum atomic E-state index is -0.775. The number of amides is 2. The van der Waals surface area contributed by atoms with Gasteiger partial charge in [-0.15, -0.1) is 11.3 Å². The Morgan fingerprint density at radius 2 is 1.79 bits per heavy atom. The van der Waals surface area contributed by atoms with Crippen LogP contribution in [0.15, 0.2) is 47.6 Å². The zero-order chi connectivity index (χ0) is 23.9. The number of rotatable bonds is 7. The average molecular weight is 503 g/mol. The lowest BCUT2D eigenvalue weighted by Crippen LogP contribution is -2.46. The van der Waals surface area contributed by atoms with Crippen LogP contribution >= 0.6 is 22.9 Å². The molecule has 34 heavy (non-hydrogen) atoms. The van der Waals surface area contributed by atoms with E-state index in [1.54, 1.807) is 19.2 Å². The highest BCUT2D eigenvalue weighted by atomic mass is 35.5. The number of carbonyl (C=O) groups excluding carboxylic acids is 2. The summed E-state index contributed by atoms with van der Waals surface area (Å²) in [5.74, 6) is 0.889. The van der Waals surface area contributed by atoms with E-state index in [-0.39, 0.29) is 17.9 Å². The molecular formula is C25H31ClN4O3S. The second-order valence-electron chi connectivity index (χ2n) is 8.80. The first-order valence-electron chi connectivity index (χ1n) is 11.8. The third-order valence-electron chi connectivity index (χ3n) is 6.52. The molecule has 1 atom stereocenters. The fraction of sp³-hybridized carbons (Fsp3) is 0.480. The lowest BCUT2D eigenvalue weighted by Gasteiger charge is -2.33. The molecule has 1 aliphatic carbocycles. The highest BCUT2D eigenvalue weighted by molar-refractivity contribution is 7.18. The summed E-state index contributed by atoms with van der Waals surface area (Å²) in [6.07, 6.45) is 6.00. The Kier molecular flexibility index (Phi) is 8.45. The van der Waals surface area contributed by atoms with Crippen molar-refractivity contribution in [3.05, 3.63) is 57.2 Å². The molecule has 1 unspecified atom stereocenters. The van der Waals surface area contributed by atoms with Crippen molar-refractivity contribution in [3.8, 4) is 0 Å². The zero-order valence-corrected chi connectivity index (χ0v) is 20.9. The van der Waals surface area contributed by atoms with Crippen LogP contribution in [0.5, 0.6) is 0 Å². The topological polar surface area (TPSA) is 83.0 Å². The van der Waals surface area contributed by atoms with E-state index in [4.69, 9.17) is 16.4 Å². The molecule has 0 spiro atoms. The molecular weight excluding hydrogens is 472 g/mol. The van der Waals surface area contributed by atoms with Gasteiger partial charge in [0.25, 0.3) is 5.91 Å². The van der Waals surface area contributed by atoms with Crippen LogP contribution in [0.3, 0.4) is 0 Å². The summed E-state index contributed by atoms with van der Waals surface area (Å²) >= 11 is 7.18. The van der Waals surface area contributed by atoms with Gasteiger partial charge >= 0.3 is 0 Å². The Morgan fingerprint density at radius 1 is 1.09 bits per heavy atom. The van der Waals surface area contributed by atoms with Crippen LogP contribution in [0.4, 0.5) is 0 Å². The standard InChI is InChI=1S/C25H31ClN4O3S/c1-33-29-23(30-15-5-6-16-30)18-9-11-19(12-10-18)27-25(32)22(17-7-3-2-4-8-17)28-24(31)20-13-14-21(26)34-20/h2-4,7-8,13-14,18-19,22H,5-6,9-12,15-16H2,1H3,(H,27,32)(H,28,31). The van der Waals surface area contributed by atoms with Crippen molar-refractivity contribution in [1.82, 2.24) is 15.5 Å². The smallest absolute Gasteiger partial charge is 0.262 e. The number of oxime groups is 1. The molecule has 4 rings (SSSR count). The largest absolute Gasteiger partial charge is 0.398 e. The first kappa shape index (κ1) is 24.5. The number of nitrogens with one attached hydrogen (secondary N) is 2. The minimum absolute atomic E-state index is 0.0606. The predicted molar refractivity (Wildman–Crippen MR) is 135 cm³/mol. The number of hydrogen-bond acceptors (Lipinski definition) is 5. The zero-order valence-electron chi connectivity index (χ0n) is 19.3. The van der Waals surface area contributed by atoms with Gasteiger partial charge in [-0.2, -0.15) is 0 Å². The molecule has 0 radical (unpaired) electrons. The van der Waals surface area contributed by atoms with Crippen LogP contribution in [0.1, 0.15) is 59.8 Å². The van der Waals surface area contributed by atoms with E-state index in [2.05, 4.69) is 20.7 Å². The van der Waals surface area contributed by atoms with E-state index in [1.807, 2.05) is 30.3 Å². The fourth-order valence-corrected chi connectivity index (χ4v) is 5.74. The number of nitrogens with zero attached hydrogens (tertiary/aromatic N) is 2. The van der Waals surface area contributed by atoms with Gasteiger partial charge in [-0.25, -0.2) is 0 Å². The van der Waals surface area contributed by atoms with E-state index < -0.39 is 6.04 Å². The van der Waals surface area contributed by atoms with Gasteiger partial charge in [0.15, 0.2) is 0 Å². The van der Waals surface area contributed by atoms with Gasteiger partial charge in [-0.05, 0) is 56.2 Å². The number of hydrogen-bond donors (Lipinski definition) is 2. The van der Waals surface area contributed by atoms with Gasteiger partial charge in [0.1, 0.15) is 19.0 Å². The van der Waals surface area contributed by atoms with Crippen molar-refractivity contribution in [2.24, 2.45) is 11.1 Å². The highest BCUT2D eigenvalue weighted by Gasteiger charge is 2.32. The lowest BCUT2D eigenvalue weighted by atomic mass is 9.84. The summed E-state index contributed by atoms with van der Waals surface area (Å²) in [4.78, 5) is 34.0. The van der Waals surface area contributed by atoms with E-state index in [0.717, 1.165) is 50.2 Å². The van der Waals surface area contributed by atoms with Crippen LogP contribution in [0.2, 0.25) is 4.34 Å². The lowest BCUT2D eigenvalue weighted by molar-refractivity contribution is -0.124.